The molecule has 3 rings (SSSR count). The highest BCUT2D eigenvalue weighted by Gasteiger charge is 2.31. The number of nitriles is 1. The first-order chi connectivity index (χ1) is 13.6. The van der Waals surface area contributed by atoms with Gasteiger partial charge in [-0.25, -0.2) is 4.98 Å². The number of fused-ring (bicyclic) bond motifs is 1. The van der Waals surface area contributed by atoms with Crippen LogP contribution in [0.25, 0.3) is 17.1 Å². The van der Waals surface area contributed by atoms with E-state index in [1.807, 2.05) is 6.07 Å². The molecule has 2 aromatic heterocycles. The predicted octanol–water partition coefficient (Wildman–Crippen LogP) is 5.51. The molecule has 0 bridgehead atoms. The van der Waals surface area contributed by atoms with E-state index >= 15 is 0 Å². The number of nitrogens with zero attached hydrogens (tertiary/aromatic N) is 3. The van der Waals surface area contributed by atoms with Crippen molar-refractivity contribution in [2.24, 2.45) is 0 Å². The molecule has 8 heteroatoms. The van der Waals surface area contributed by atoms with Crippen molar-refractivity contribution in [2.45, 2.75) is 26.6 Å². The summed E-state index contributed by atoms with van der Waals surface area (Å²) in [5.74, 6) is -0.360. The minimum atomic E-state index is -4.43. The number of aryl methyl sites for hydroxylation is 1. The molecule has 0 amide bonds. The average Bonchev–Trinajstić information content (AvgIpc) is 2.97. The first-order valence-electron chi connectivity index (χ1n) is 8.54. The highest BCUT2D eigenvalue weighted by molar-refractivity contribution is 14.1. The maximum absolute atomic E-state index is 13.2. The fourth-order valence-corrected chi connectivity index (χ4v) is 3.83. The number of Topliss-reactive ketones (excluding diaryl/α,β-unsaturated/α-hetero) is 1. The van der Waals surface area contributed by atoms with E-state index in [0.29, 0.717) is 22.3 Å². The van der Waals surface area contributed by atoms with Gasteiger partial charge in [0.25, 0.3) is 0 Å². The van der Waals surface area contributed by atoms with Crippen molar-refractivity contribution in [3.63, 3.8) is 0 Å². The fraction of sp³-hybridized carbons (Fsp3) is 0.190. The number of alkyl halides is 3. The number of aromatic nitrogens is 2. The Bertz CT molecular complexity index is 1190. The monoisotopic (exact) mass is 509 g/mol. The van der Waals surface area contributed by atoms with Crippen molar-refractivity contribution in [1.29, 1.82) is 5.26 Å². The van der Waals surface area contributed by atoms with Gasteiger partial charge in [0.05, 0.1) is 11.1 Å². The lowest BCUT2D eigenvalue weighted by Crippen LogP contribution is -2.07. The van der Waals surface area contributed by atoms with Crippen LogP contribution in [0.1, 0.15) is 29.2 Å². The van der Waals surface area contributed by atoms with Gasteiger partial charge in [-0.05, 0) is 66.3 Å². The molecule has 148 valence electrons. The highest BCUT2D eigenvalue weighted by Crippen LogP contribution is 2.32. The van der Waals surface area contributed by atoms with Gasteiger partial charge in [0.1, 0.15) is 11.7 Å². The third-order valence-electron chi connectivity index (χ3n) is 4.35. The first kappa shape index (κ1) is 21.0. The van der Waals surface area contributed by atoms with Crippen LogP contribution in [0.5, 0.6) is 0 Å². The van der Waals surface area contributed by atoms with Gasteiger partial charge >= 0.3 is 6.18 Å². The molecule has 1 aromatic carbocycles. The van der Waals surface area contributed by atoms with Crippen LogP contribution in [-0.4, -0.2) is 15.3 Å². The Hall–Kier alpha value is -2.67. The van der Waals surface area contributed by atoms with Crippen LogP contribution in [-0.2, 0) is 17.5 Å². The third-order valence-corrected chi connectivity index (χ3v) is 5.25. The second kappa shape index (κ2) is 7.99. The topological polar surface area (TPSA) is 58.7 Å². The molecule has 0 N–H and O–H groups in total. The lowest BCUT2D eigenvalue weighted by atomic mass is 10.1. The van der Waals surface area contributed by atoms with Gasteiger partial charge < -0.3 is 4.57 Å². The standard InChI is InChI=1S/C21H15F3IN3O/c1-12-5-14(7-17(6-12)21(22,23)24)10-28-11-16(8-15(9-26)13(2)29)19-18(25)3-4-27-20(19)28/h3-8,11H,10H2,1-2H3/b15-8+. The number of pyridine rings is 1. The Balaban J connectivity index is 2.15. The predicted molar refractivity (Wildman–Crippen MR) is 112 cm³/mol. The molecule has 0 aliphatic heterocycles. The summed E-state index contributed by atoms with van der Waals surface area (Å²) in [5, 5.41) is 9.95. The van der Waals surface area contributed by atoms with E-state index in [1.54, 1.807) is 36.0 Å². The molecule has 0 saturated heterocycles. The summed E-state index contributed by atoms with van der Waals surface area (Å²) in [5.41, 5.74) is 1.48. The molecule has 2 heterocycles. The van der Waals surface area contributed by atoms with Crippen LogP contribution >= 0.6 is 22.6 Å². The summed E-state index contributed by atoms with van der Waals surface area (Å²) in [4.78, 5) is 16.0. The molecule has 0 saturated carbocycles. The van der Waals surface area contributed by atoms with Crippen LogP contribution in [0.4, 0.5) is 13.2 Å². The molecule has 3 aromatic rings. The van der Waals surface area contributed by atoms with Crippen LogP contribution in [0.2, 0.25) is 0 Å². The number of carbonyl (C=O) groups excluding carboxylic acids is 1. The second-order valence-corrected chi connectivity index (χ2v) is 7.80. The third kappa shape index (κ3) is 4.50. The van der Waals surface area contributed by atoms with Gasteiger partial charge in [-0.15, -0.1) is 0 Å². The SMILES string of the molecule is CC(=O)/C(C#N)=C/c1cn(Cc2cc(C)cc(C(F)(F)F)c2)c2nccc(I)c12. The minimum absolute atomic E-state index is 0.00128. The number of ketones is 1. The van der Waals surface area contributed by atoms with Gasteiger partial charge in [0, 0.05) is 33.5 Å². The van der Waals surface area contributed by atoms with Crippen LogP contribution in [0, 0.1) is 21.8 Å². The summed E-state index contributed by atoms with van der Waals surface area (Å²) in [6.45, 7) is 3.10. The Morgan fingerprint density at radius 1 is 1.34 bits per heavy atom. The summed E-state index contributed by atoms with van der Waals surface area (Å²) in [7, 11) is 0. The van der Waals surface area contributed by atoms with Crippen molar-refractivity contribution in [3.05, 3.63) is 68.1 Å². The van der Waals surface area contributed by atoms with Crippen molar-refractivity contribution < 1.29 is 18.0 Å². The normalized spacial score (nSPS) is 12.2. The molecule has 0 atom stereocenters. The van der Waals surface area contributed by atoms with E-state index in [9.17, 15) is 23.2 Å². The molecular formula is C21H15F3IN3O. The maximum atomic E-state index is 13.2. The van der Waals surface area contributed by atoms with E-state index in [0.717, 1.165) is 21.1 Å². The lowest BCUT2D eigenvalue weighted by Gasteiger charge is -2.11. The summed E-state index contributed by atoms with van der Waals surface area (Å²) < 4.78 is 42.1. The van der Waals surface area contributed by atoms with Gasteiger partial charge in [0.2, 0.25) is 0 Å². The summed E-state index contributed by atoms with van der Waals surface area (Å²) in [6.07, 6.45) is 0.379. The maximum Gasteiger partial charge on any atom is 0.416 e. The summed E-state index contributed by atoms with van der Waals surface area (Å²) in [6, 6.07) is 7.60. The van der Waals surface area contributed by atoms with Gasteiger partial charge in [-0.1, -0.05) is 11.6 Å². The molecule has 4 nitrogen and oxygen atoms in total. The molecule has 29 heavy (non-hydrogen) atoms. The second-order valence-electron chi connectivity index (χ2n) is 6.63. The largest absolute Gasteiger partial charge is 0.416 e. The molecular weight excluding hydrogens is 494 g/mol. The molecule has 0 aliphatic carbocycles. The number of allylic oxidation sites excluding steroid dienone is 1. The van der Waals surface area contributed by atoms with Gasteiger partial charge in [-0.2, -0.15) is 18.4 Å². The quantitative estimate of drug-likeness (QED) is 0.265. The zero-order valence-electron chi connectivity index (χ0n) is 15.5. The molecule has 0 aliphatic rings. The van der Waals surface area contributed by atoms with Crippen molar-refractivity contribution in [1.82, 2.24) is 9.55 Å². The van der Waals surface area contributed by atoms with Crippen molar-refractivity contribution in [3.8, 4) is 6.07 Å². The van der Waals surface area contributed by atoms with Crippen molar-refractivity contribution >= 4 is 45.5 Å². The number of rotatable bonds is 4. The van der Waals surface area contributed by atoms with Crippen LogP contribution in [0.15, 0.2) is 42.2 Å². The molecule has 0 spiro atoms. The Morgan fingerprint density at radius 3 is 2.69 bits per heavy atom. The number of carbonyl (C=O) groups is 1. The number of hydrogen-bond acceptors (Lipinski definition) is 3. The Labute approximate surface area is 178 Å². The summed E-state index contributed by atoms with van der Waals surface area (Å²) >= 11 is 2.13. The first-order valence-corrected chi connectivity index (χ1v) is 9.62. The highest BCUT2D eigenvalue weighted by atomic mass is 127. The lowest BCUT2D eigenvalue weighted by molar-refractivity contribution is -0.137. The number of benzene rings is 1. The van der Waals surface area contributed by atoms with Crippen molar-refractivity contribution in [2.75, 3.05) is 0 Å². The van der Waals surface area contributed by atoms with E-state index in [1.165, 1.54) is 13.0 Å². The Morgan fingerprint density at radius 2 is 2.07 bits per heavy atom. The average molecular weight is 509 g/mol. The van der Waals surface area contributed by atoms with E-state index in [4.69, 9.17) is 0 Å². The van der Waals surface area contributed by atoms with E-state index in [2.05, 4.69) is 27.6 Å². The fourth-order valence-electron chi connectivity index (χ4n) is 3.12. The number of hydrogen-bond donors (Lipinski definition) is 0. The van der Waals surface area contributed by atoms with E-state index in [-0.39, 0.29) is 17.9 Å². The molecule has 0 unspecified atom stereocenters. The molecule has 0 radical (unpaired) electrons. The number of halogens is 4. The zero-order chi connectivity index (χ0) is 21.3. The smallest absolute Gasteiger partial charge is 0.327 e. The zero-order valence-corrected chi connectivity index (χ0v) is 17.7. The molecule has 0 fully saturated rings. The minimum Gasteiger partial charge on any atom is -0.327 e. The van der Waals surface area contributed by atoms with Gasteiger partial charge in [-0.3, -0.25) is 4.79 Å². The van der Waals surface area contributed by atoms with Crippen LogP contribution in [0.3, 0.4) is 0 Å². The Kier molecular flexibility index (Phi) is 5.80. The van der Waals surface area contributed by atoms with E-state index < -0.39 is 11.7 Å². The van der Waals surface area contributed by atoms with Crippen LogP contribution < -0.4 is 0 Å². The van der Waals surface area contributed by atoms with Gasteiger partial charge in [0.15, 0.2) is 5.78 Å².